The lowest BCUT2D eigenvalue weighted by Crippen LogP contribution is -2.12. The first kappa shape index (κ1) is 11.3. The van der Waals surface area contributed by atoms with Crippen molar-refractivity contribution in [2.45, 2.75) is 25.8 Å². The first-order valence-corrected chi connectivity index (χ1v) is 4.73. The van der Waals surface area contributed by atoms with Crippen molar-refractivity contribution in [3.05, 3.63) is 29.3 Å². The molecule has 0 heterocycles. The summed E-state index contributed by atoms with van der Waals surface area (Å²) in [5.41, 5.74) is 8.07. The summed E-state index contributed by atoms with van der Waals surface area (Å²) in [6, 6.07) is 5.64. The van der Waals surface area contributed by atoms with Gasteiger partial charge in [0.25, 0.3) is 0 Å². The van der Waals surface area contributed by atoms with E-state index < -0.39 is 0 Å². The van der Waals surface area contributed by atoms with Crippen molar-refractivity contribution in [2.75, 3.05) is 0 Å². The Hall–Kier alpha value is -0.730. The van der Waals surface area contributed by atoms with Crippen LogP contribution in [0.4, 0.5) is 0 Å². The van der Waals surface area contributed by atoms with E-state index in [0.717, 1.165) is 11.1 Å². The number of nitrogens with two attached hydrogens (primary N) is 1. The van der Waals surface area contributed by atoms with E-state index in [4.69, 9.17) is 5.73 Å². The predicted octanol–water partition coefficient (Wildman–Crippen LogP) is 2.53. The summed E-state index contributed by atoms with van der Waals surface area (Å²) in [5, 5.41) is 9.60. The third kappa shape index (κ3) is 2.20. The summed E-state index contributed by atoms with van der Waals surface area (Å²) >= 11 is 0. The van der Waals surface area contributed by atoms with Crippen molar-refractivity contribution in [1.82, 2.24) is 0 Å². The molecule has 1 aliphatic carbocycles. The molecule has 1 aromatic rings. The lowest BCUT2D eigenvalue weighted by molar-refractivity contribution is 0.456. The van der Waals surface area contributed by atoms with Crippen molar-refractivity contribution in [3.8, 4) is 5.75 Å². The second-order valence-electron chi connectivity index (χ2n) is 3.93. The van der Waals surface area contributed by atoms with Gasteiger partial charge in [0.2, 0.25) is 0 Å². The lowest BCUT2D eigenvalue weighted by Gasteiger charge is -2.13. The molecule has 14 heavy (non-hydrogen) atoms. The number of phenolic OH excluding ortho intramolecular Hbond substituents is 1. The smallest absolute Gasteiger partial charge is 0.120 e. The van der Waals surface area contributed by atoms with Crippen molar-refractivity contribution in [3.63, 3.8) is 0 Å². The van der Waals surface area contributed by atoms with Crippen LogP contribution >= 0.6 is 12.4 Å². The second kappa shape index (κ2) is 4.20. The van der Waals surface area contributed by atoms with Crippen LogP contribution in [0, 0.1) is 12.8 Å². The summed E-state index contributed by atoms with van der Waals surface area (Å²) in [4.78, 5) is 0. The molecule has 3 N–H and O–H groups in total. The number of benzene rings is 1. The Kier molecular flexibility index (Phi) is 3.40. The number of hydrogen-bond donors (Lipinski definition) is 2. The fourth-order valence-corrected chi connectivity index (χ4v) is 1.65. The zero-order valence-electron chi connectivity index (χ0n) is 8.23. The highest BCUT2D eigenvalue weighted by Crippen LogP contribution is 2.41. The Balaban J connectivity index is 0.000000980. The van der Waals surface area contributed by atoms with E-state index in [2.05, 4.69) is 0 Å². The van der Waals surface area contributed by atoms with Crippen molar-refractivity contribution < 1.29 is 5.11 Å². The molecule has 3 heteroatoms. The van der Waals surface area contributed by atoms with Crippen molar-refractivity contribution in [2.24, 2.45) is 11.7 Å². The highest BCUT2D eigenvalue weighted by Gasteiger charge is 2.30. The molecule has 0 radical (unpaired) electrons. The highest BCUT2D eigenvalue weighted by molar-refractivity contribution is 5.85. The highest BCUT2D eigenvalue weighted by atomic mass is 35.5. The Morgan fingerprint density at radius 1 is 1.43 bits per heavy atom. The zero-order chi connectivity index (χ0) is 9.42. The first-order chi connectivity index (χ1) is 6.18. The molecule has 0 amide bonds. The molecule has 0 bridgehead atoms. The number of phenols is 1. The fourth-order valence-electron chi connectivity index (χ4n) is 1.65. The number of aryl methyl sites for hydroxylation is 1. The van der Waals surface area contributed by atoms with Gasteiger partial charge in [-0.05, 0) is 31.7 Å². The summed E-state index contributed by atoms with van der Waals surface area (Å²) in [7, 11) is 0. The zero-order valence-corrected chi connectivity index (χ0v) is 9.05. The number of hydrogen-bond acceptors (Lipinski definition) is 2. The van der Waals surface area contributed by atoms with Gasteiger partial charge in [-0.25, -0.2) is 0 Å². The summed E-state index contributed by atoms with van der Waals surface area (Å²) in [5.74, 6) is 0.928. The van der Waals surface area contributed by atoms with Crippen LogP contribution in [0.1, 0.15) is 30.0 Å². The maximum absolute atomic E-state index is 9.60. The van der Waals surface area contributed by atoms with Crippen LogP contribution in [-0.2, 0) is 0 Å². The van der Waals surface area contributed by atoms with Crippen LogP contribution in [0.25, 0.3) is 0 Å². The molecule has 78 valence electrons. The molecule has 1 aromatic carbocycles. The van der Waals surface area contributed by atoms with E-state index in [1.54, 1.807) is 6.07 Å². The third-order valence-electron chi connectivity index (χ3n) is 2.67. The predicted molar refractivity (Wildman–Crippen MR) is 59.7 cm³/mol. The van der Waals surface area contributed by atoms with E-state index in [0.29, 0.717) is 11.7 Å². The Morgan fingerprint density at radius 3 is 2.64 bits per heavy atom. The molecule has 0 aromatic heterocycles. The Labute approximate surface area is 90.5 Å². The van der Waals surface area contributed by atoms with E-state index in [1.807, 2.05) is 19.1 Å². The number of halogens is 1. The lowest BCUT2D eigenvalue weighted by atomic mass is 10.0. The standard InChI is InChI=1S/C11H15NO.ClH/c1-7-2-5-10(13)9(6-7)11(12)8-3-4-8;/h2,5-6,8,11,13H,3-4,12H2,1H3;1H/t11-;/m1./s1. The van der Waals surface area contributed by atoms with Crippen LogP contribution in [0.15, 0.2) is 18.2 Å². The maximum atomic E-state index is 9.60. The minimum absolute atomic E-state index is 0. The minimum atomic E-state index is 0. The van der Waals surface area contributed by atoms with Crippen LogP contribution in [0.3, 0.4) is 0 Å². The molecule has 2 nitrogen and oxygen atoms in total. The van der Waals surface area contributed by atoms with Gasteiger partial charge in [0, 0.05) is 11.6 Å². The summed E-state index contributed by atoms with van der Waals surface area (Å²) in [6.07, 6.45) is 2.41. The van der Waals surface area contributed by atoms with Crippen molar-refractivity contribution in [1.29, 1.82) is 0 Å². The molecule has 2 rings (SSSR count). The Morgan fingerprint density at radius 2 is 2.07 bits per heavy atom. The van der Waals surface area contributed by atoms with Gasteiger partial charge >= 0.3 is 0 Å². The second-order valence-corrected chi connectivity index (χ2v) is 3.93. The normalized spacial score (nSPS) is 17.3. The van der Waals surface area contributed by atoms with Gasteiger partial charge in [-0.3, -0.25) is 0 Å². The van der Waals surface area contributed by atoms with Crippen LogP contribution < -0.4 is 5.73 Å². The minimum Gasteiger partial charge on any atom is -0.508 e. The van der Waals surface area contributed by atoms with Gasteiger partial charge in [0.05, 0.1) is 0 Å². The van der Waals surface area contributed by atoms with Gasteiger partial charge in [0.1, 0.15) is 5.75 Å². The molecule has 0 saturated heterocycles. The van der Waals surface area contributed by atoms with E-state index >= 15 is 0 Å². The number of aromatic hydroxyl groups is 1. The van der Waals surface area contributed by atoms with E-state index in [-0.39, 0.29) is 18.4 Å². The number of rotatable bonds is 2. The fraction of sp³-hybridized carbons (Fsp3) is 0.455. The van der Waals surface area contributed by atoms with E-state index in [1.165, 1.54) is 12.8 Å². The Bertz CT molecular complexity index is 323. The largest absolute Gasteiger partial charge is 0.508 e. The van der Waals surface area contributed by atoms with Gasteiger partial charge in [0.15, 0.2) is 0 Å². The topological polar surface area (TPSA) is 46.2 Å². The summed E-state index contributed by atoms with van der Waals surface area (Å²) in [6.45, 7) is 2.02. The molecule has 1 saturated carbocycles. The van der Waals surface area contributed by atoms with Crippen molar-refractivity contribution >= 4 is 12.4 Å². The van der Waals surface area contributed by atoms with Crippen LogP contribution in [-0.4, -0.2) is 5.11 Å². The summed E-state index contributed by atoms with van der Waals surface area (Å²) < 4.78 is 0. The molecule has 1 fully saturated rings. The SMILES string of the molecule is Cc1ccc(O)c([C@H](N)C2CC2)c1.Cl. The van der Waals surface area contributed by atoms with E-state index in [9.17, 15) is 5.11 Å². The molecule has 1 aliphatic rings. The maximum Gasteiger partial charge on any atom is 0.120 e. The molecular weight excluding hydrogens is 198 g/mol. The third-order valence-corrected chi connectivity index (χ3v) is 2.67. The monoisotopic (exact) mass is 213 g/mol. The molecule has 0 aliphatic heterocycles. The average Bonchev–Trinajstić information content (AvgIpc) is 2.91. The van der Waals surface area contributed by atoms with Crippen LogP contribution in [0.5, 0.6) is 5.75 Å². The molecule has 0 unspecified atom stereocenters. The molecule has 0 spiro atoms. The average molecular weight is 214 g/mol. The van der Waals surface area contributed by atoms with Crippen LogP contribution in [0.2, 0.25) is 0 Å². The van der Waals surface area contributed by atoms with Gasteiger partial charge < -0.3 is 10.8 Å². The van der Waals surface area contributed by atoms with Gasteiger partial charge in [-0.15, -0.1) is 12.4 Å². The quantitative estimate of drug-likeness (QED) is 0.793. The molecular formula is C11H16ClNO. The molecule has 1 atom stereocenters. The van der Waals surface area contributed by atoms with Gasteiger partial charge in [-0.2, -0.15) is 0 Å². The van der Waals surface area contributed by atoms with Gasteiger partial charge in [-0.1, -0.05) is 17.7 Å². The first-order valence-electron chi connectivity index (χ1n) is 4.73.